The van der Waals surface area contributed by atoms with Gasteiger partial charge in [-0.2, -0.15) is 0 Å². The third-order valence-electron chi connectivity index (χ3n) is 2.09. The van der Waals surface area contributed by atoms with E-state index in [4.69, 9.17) is 5.90 Å². The average molecular weight is 180 g/mol. The number of hydrogen-bond acceptors (Lipinski definition) is 3. The summed E-state index contributed by atoms with van der Waals surface area (Å²) in [5, 5.41) is 0. The van der Waals surface area contributed by atoms with E-state index < -0.39 is 0 Å². The van der Waals surface area contributed by atoms with E-state index in [-0.39, 0.29) is 5.41 Å². The zero-order valence-electron chi connectivity index (χ0n) is 8.37. The van der Waals surface area contributed by atoms with Gasteiger partial charge in [0, 0.05) is 11.6 Å². The fraction of sp³-hybridized carbons (Fsp3) is 0.500. The second kappa shape index (κ2) is 3.85. The van der Waals surface area contributed by atoms with Crippen molar-refractivity contribution >= 4 is 0 Å². The molecule has 0 spiro atoms. The summed E-state index contributed by atoms with van der Waals surface area (Å²) < 4.78 is 0. The molecule has 0 aliphatic rings. The van der Waals surface area contributed by atoms with E-state index in [1.165, 1.54) is 5.56 Å². The molecular weight excluding hydrogens is 164 g/mol. The molecular formula is C10H16N2O. The molecule has 0 amide bonds. The van der Waals surface area contributed by atoms with Crippen molar-refractivity contribution in [2.45, 2.75) is 26.2 Å². The van der Waals surface area contributed by atoms with Crippen molar-refractivity contribution in [2.24, 2.45) is 5.90 Å². The molecule has 0 saturated carbocycles. The van der Waals surface area contributed by atoms with Gasteiger partial charge in [0.25, 0.3) is 0 Å². The van der Waals surface area contributed by atoms with E-state index in [1.54, 1.807) is 6.20 Å². The van der Waals surface area contributed by atoms with E-state index in [2.05, 4.69) is 23.7 Å². The van der Waals surface area contributed by atoms with Gasteiger partial charge in [0.2, 0.25) is 0 Å². The van der Waals surface area contributed by atoms with Gasteiger partial charge in [-0.1, -0.05) is 19.9 Å². The Morgan fingerprint density at radius 1 is 1.54 bits per heavy atom. The molecule has 0 saturated heterocycles. The first-order valence-electron chi connectivity index (χ1n) is 4.32. The molecule has 0 radical (unpaired) electrons. The topological polar surface area (TPSA) is 48.1 Å². The minimum Gasteiger partial charge on any atom is -0.304 e. The lowest BCUT2D eigenvalue weighted by Gasteiger charge is -2.23. The summed E-state index contributed by atoms with van der Waals surface area (Å²) in [5.74, 6) is 5.07. The first-order valence-corrected chi connectivity index (χ1v) is 4.32. The molecule has 0 fully saturated rings. The van der Waals surface area contributed by atoms with Gasteiger partial charge in [0.05, 0.1) is 12.3 Å². The van der Waals surface area contributed by atoms with Gasteiger partial charge in [-0.25, -0.2) is 5.90 Å². The Hall–Kier alpha value is -0.930. The monoisotopic (exact) mass is 180 g/mol. The Kier molecular flexibility index (Phi) is 3.01. The van der Waals surface area contributed by atoms with E-state index in [1.807, 2.05) is 19.1 Å². The van der Waals surface area contributed by atoms with Crippen molar-refractivity contribution in [3.8, 4) is 0 Å². The van der Waals surface area contributed by atoms with Crippen LogP contribution < -0.4 is 5.90 Å². The van der Waals surface area contributed by atoms with Crippen LogP contribution >= 0.6 is 0 Å². The van der Waals surface area contributed by atoms with Gasteiger partial charge < -0.3 is 4.84 Å². The van der Waals surface area contributed by atoms with Gasteiger partial charge in [-0.3, -0.25) is 4.98 Å². The minimum absolute atomic E-state index is 0.125. The standard InChI is InChI=1S/C10H16N2O/c1-8-5-4-6-12-9(8)10(2,3)7-13-11/h4-6H,7,11H2,1-3H3. The molecule has 0 unspecified atom stereocenters. The zero-order valence-corrected chi connectivity index (χ0v) is 8.37. The summed E-state index contributed by atoms with van der Waals surface area (Å²) in [4.78, 5) is 9.01. The molecule has 1 aromatic heterocycles. The summed E-state index contributed by atoms with van der Waals surface area (Å²) in [5.41, 5.74) is 2.09. The minimum atomic E-state index is -0.125. The summed E-state index contributed by atoms with van der Waals surface area (Å²) in [6.07, 6.45) is 1.79. The third kappa shape index (κ3) is 2.26. The fourth-order valence-corrected chi connectivity index (χ4v) is 1.47. The third-order valence-corrected chi connectivity index (χ3v) is 2.09. The maximum atomic E-state index is 5.07. The van der Waals surface area contributed by atoms with Crippen molar-refractivity contribution in [2.75, 3.05) is 6.61 Å². The highest BCUT2D eigenvalue weighted by molar-refractivity contribution is 5.24. The number of aromatic nitrogens is 1. The normalized spacial score (nSPS) is 11.7. The van der Waals surface area contributed by atoms with Crippen LogP contribution in [0.2, 0.25) is 0 Å². The first-order chi connectivity index (χ1) is 6.08. The molecule has 3 heteroatoms. The van der Waals surface area contributed by atoms with Gasteiger partial charge in [-0.15, -0.1) is 0 Å². The Morgan fingerprint density at radius 3 is 2.77 bits per heavy atom. The van der Waals surface area contributed by atoms with Gasteiger partial charge in [-0.05, 0) is 18.6 Å². The van der Waals surface area contributed by atoms with Gasteiger partial charge in [0.1, 0.15) is 0 Å². The lowest BCUT2D eigenvalue weighted by molar-refractivity contribution is 0.0947. The Morgan fingerprint density at radius 2 is 2.23 bits per heavy atom. The van der Waals surface area contributed by atoms with Gasteiger partial charge >= 0.3 is 0 Å². The average Bonchev–Trinajstić information content (AvgIpc) is 2.04. The van der Waals surface area contributed by atoms with Crippen LogP contribution in [0.1, 0.15) is 25.1 Å². The molecule has 13 heavy (non-hydrogen) atoms. The Balaban J connectivity index is 2.99. The van der Waals surface area contributed by atoms with Crippen LogP contribution in [0.5, 0.6) is 0 Å². The number of pyridine rings is 1. The molecule has 1 rings (SSSR count). The van der Waals surface area contributed by atoms with Crippen LogP contribution in [0, 0.1) is 6.92 Å². The van der Waals surface area contributed by atoms with Crippen LogP contribution in [-0.2, 0) is 10.3 Å². The van der Waals surface area contributed by atoms with Crippen molar-refractivity contribution in [3.63, 3.8) is 0 Å². The second-order valence-electron chi connectivity index (χ2n) is 3.86. The largest absolute Gasteiger partial charge is 0.304 e. The molecule has 1 heterocycles. The number of nitrogens with zero attached hydrogens (tertiary/aromatic N) is 1. The predicted molar refractivity (Wildman–Crippen MR) is 52.1 cm³/mol. The highest BCUT2D eigenvalue weighted by Gasteiger charge is 2.23. The number of rotatable bonds is 3. The molecule has 72 valence electrons. The molecule has 0 aromatic carbocycles. The van der Waals surface area contributed by atoms with Crippen molar-refractivity contribution in [1.29, 1.82) is 0 Å². The predicted octanol–water partition coefficient (Wildman–Crippen LogP) is 1.56. The maximum Gasteiger partial charge on any atom is 0.0785 e. The van der Waals surface area contributed by atoms with E-state index in [0.717, 1.165) is 5.69 Å². The molecule has 1 aromatic rings. The second-order valence-corrected chi connectivity index (χ2v) is 3.86. The lowest BCUT2D eigenvalue weighted by Crippen LogP contribution is -2.28. The van der Waals surface area contributed by atoms with E-state index in [9.17, 15) is 0 Å². The molecule has 2 N–H and O–H groups in total. The summed E-state index contributed by atoms with van der Waals surface area (Å²) >= 11 is 0. The van der Waals surface area contributed by atoms with Crippen LogP contribution in [0.4, 0.5) is 0 Å². The number of nitrogens with two attached hydrogens (primary N) is 1. The smallest absolute Gasteiger partial charge is 0.0785 e. The number of hydrogen-bond donors (Lipinski definition) is 1. The highest BCUT2D eigenvalue weighted by atomic mass is 16.6. The summed E-state index contributed by atoms with van der Waals surface area (Å²) in [6.45, 7) is 6.65. The highest BCUT2D eigenvalue weighted by Crippen LogP contribution is 2.23. The fourth-order valence-electron chi connectivity index (χ4n) is 1.47. The summed E-state index contributed by atoms with van der Waals surface area (Å²) in [6, 6.07) is 3.97. The quantitative estimate of drug-likeness (QED) is 0.718. The number of aryl methyl sites for hydroxylation is 1. The van der Waals surface area contributed by atoms with Crippen LogP contribution in [0.25, 0.3) is 0 Å². The SMILES string of the molecule is Cc1cccnc1C(C)(C)CON. The van der Waals surface area contributed by atoms with Crippen molar-refractivity contribution in [3.05, 3.63) is 29.6 Å². The molecule has 3 nitrogen and oxygen atoms in total. The van der Waals surface area contributed by atoms with Crippen LogP contribution in [0.15, 0.2) is 18.3 Å². The Labute approximate surface area is 78.9 Å². The lowest BCUT2D eigenvalue weighted by atomic mass is 9.87. The van der Waals surface area contributed by atoms with Gasteiger partial charge in [0.15, 0.2) is 0 Å². The van der Waals surface area contributed by atoms with E-state index in [0.29, 0.717) is 6.61 Å². The van der Waals surface area contributed by atoms with E-state index >= 15 is 0 Å². The van der Waals surface area contributed by atoms with Crippen LogP contribution in [-0.4, -0.2) is 11.6 Å². The zero-order chi connectivity index (χ0) is 9.90. The molecule has 0 aliphatic carbocycles. The molecule has 0 bridgehead atoms. The molecule has 0 aliphatic heterocycles. The maximum absolute atomic E-state index is 5.07. The van der Waals surface area contributed by atoms with Crippen molar-refractivity contribution in [1.82, 2.24) is 4.98 Å². The first kappa shape index (κ1) is 10.2. The summed E-state index contributed by atoms with van der Waals surface area (Å²) in [7, 11) is 0. The molecule has 0 atom stereocenters. The Bertz CT molecular complexity index is 284. The van der Waals surface area contributed by atoms with Crippen LogP contribution in [0.3, 0.4) is 0 Å². The van der Waals surface area contributed by atoms with Crippen molar-refractivity contribution < 1.29 is 4.84 Å².